The highest BCUT2D eigenvalue weighted by Crippen LogP contribution is 2.29. The monoisotopic (exact) mass is 376 g/mol. The Labute approximate surface area is 161 Å². The van der Waals surface area contributed by atoms with Gasteiger partial charge in [0.25, 0.3) is 0 Å². The molecule has 0 radical (unpaired) electrons. The third-order valence-corrected chi connectivity index (χ3v) is 5.37. The topological polar surface area (TPSA) is 50.1 Å². The molecule has 0 aliphatic carbocycles. The van der Waals surface area contributed by atoms with E-state index in [9.17, 15) is 0 Å². The minimum absolute atomic E-state index is 0.273. The van der Waals surface area contributed by atoms with Crippen molar-refractivity contribution in [2.45, 2.75) is 52.6 Å². The lowest BCUT2D eigenvalue weighted by Crippen LogP contribution is -2.48. The van der Waals surface area contributed by atoms with Gasteiger partial charge in [0.1, 0.15) is 0 Å². The van der Waals surface area contributed by atoms with Crippen LogP contribution >= 0.6 is 11.6 Å². The van der Waals surface area contributed by atoms with Gasteiger partial charge in [-0.15, -0.1) is 5.10 Å². The van der Waals surface area contributed by atoms with Gasteiger partial charge in [0, 0.05) is 36.9 Å². The van der Waals surface area contributed by atoms with Gasteiger partial charge in [-0.25, -0.2) is 4.68 Å². The largest absolute Gasteiger partial charge is 0.369 e. The van der Waals surface area contributed by atoms with Crippen LogP contribution in [0.2, 0.25) is 5.02 Å². The number of tetrazole rings is 1. The third kappa shape index (κ3) is 4.01. The van der Waals surface area contributed by atoms with Gasteiger partial charge >= 0.3 is 0 Å². The predicted molar refractivity (Wildman–Crippen MR) is 106 cm³/mol. The Balaban J connectivity index is 1.74. The molecule has 1 fully saturated rings. The minimum Gasteiger partial charge on any atom is -0.369 e. The molecule has 0 spiro atoms. The first-order valence-electron chi connectivity index (χ1n) is 9.54. The smallest absolute Gasteiger partial charge is 0.168 e. The molecular weight excluding hydrogens is 348 g/mol. The molecule has 0 N–H and O–H groups in total. The van der Waals surface area contributed by atoms with E-state index in [1.807, 2.05) is 10.7 Å². The standard InChI is InChI=1S/C19H29ClN6/c1-5-6-17(19-21-22-23-26(19)14(2)3)24-9-11-25(12-10-24)18-13-16(20)8-7-15(18)4/h7-8,13-14,17H,5-6,9-12H2,1-4H3/t17-/m1/s1. The van der Waals surface area contributed by atoms with Gasteiger partial charge in [-0.1, -0.05) is 31.0 Å². The fraction of sp³-hybridized carbons (Fsp3) is 0.632. The van der Waals surface area contributed by atoms with Crippen LogP contribution in [0.1, 0.15) is 57.1 Å². The molecule has 0 saturated carbocycles. The maximum atomic E-state index is 6.21. The van der Waals surface area contributed by atoms with Crippen LogP contribution in [0.15, 0.2) is 18.2 Å². The van der Waals surface area contributed by atoms with Gasteiger partial charge in [-0.2, -0.15) is 0 Å². The molecule has 1 atom stereocenters. The van der Waals surface area contributed by atoms with E-state index in [-0.39, 0.29) is 12.1 Å². The molecule has 26 heavy (non-hydrogen) atoms. The highest BCUT2D eigenvalue weighted by atomic mass is 35.5. The SMILES string of the molecule is CCC[C@H](c1nnnn1C(C)C)N1CCN(c2cc(Cl)ccc2C)CC1. The summed E-state index contributed by atoms with van der Waals surface area (Å²) in [7, 11) is 0. The number of anilines is 1. The van der Waals surface area contributed by atoms with Crippen molar-refractivity contribution in [3.63, 3.8) is 0 Å². The summed E-state index contributed by atoms with van der Waals surface area (Å²) >= 11 is 6.21. The molecular formula is C19H29ClN6. The van der Waals surface area contributed by atoms with Crippen molar-refractivity contribution >= 4 is 17.3 Å². The first-order chi connectivity index (χ1) is 12.5. The van der Waals surface area contributed by atoms with E-state index in [1.54, 1.807) is 0 Å². The second kappa shape index (κ2) is 8.35. The van der Waals surface area contributed by atoms with E-state index in [1.165, 1.54) is 11.3 Å². The lowest BCUT2D eigenvalue weighted by atomic mass is 10.1. The van der Waals surface area contributed by atoms with Gasteiger partial charge in [-0.05, 0) is 55.3 Å². The number of piperazine rings is 1. The lowest BCUT2D eigenvalue weighted by Gasteiger charge is -2.40. The van der Waals surface area contributed by atoms with E-state index in [2.05, 4.69) is 65.2 Å². The van der Waals surface area contributed by atoms with Crippen molar-refractivity contribution in [2.75, 3.05) is 31.1 Å². The zero-order chi connectivity index (χ0) is 18.7. The number of aryl methyl sites for hydroxylation is 1. The Kier molecular flexibility index (Phi) is 6.14. The minimum atomic E-state index is 0.273. The molecule has 1 aromatic heterocycles. The molecule has 1 aliphatic heterocycles. The summed E-state index contributed by atoms with van der Waals surface area (Å²) < 4.78 is 1.97. The first kappa shape index (κ1) is 19.1. The number of rotatable bonds is 6. The Hall–Kier alpha value is -1.66. The van der Waals surface area contributed by atoms with Crippen LogP contribution in [-0.2, 0) is 0 Å². The van der Waals surface area contributed by atoms with Gasteiger partial charge in [-0.3, -0.25) is 4.90 Å². The van der Waals surface area contributed by atoms with E-state index in [4.69, 9.17) is 11.6 Å². The first-order valence-corrected chi connectivity index (χ1v) is 9.92. The van der Waals surface area contributed by atoms with Crippen LogP contribution in [0.3, 0.4) is 0 Å². The summed E-state index contributed by atoms with van der Waals surface area (Å²) in [6.45, 7) is 12.6. The van der Waals surface area contributed by atoms with E-state index < -0.39 is 0 Å². The molecule has 2 aromatic rings. The normalized spacial score (nSPS) is 17.1. The number of nitrogens with zero attached hydrogens (tertiary/aromatic N) is 6. The Morgan fingerprint density at radius 2 is 1.88 bits per heavy atom. The van der Waals surface area contributed by atoms with Crippen molar-refractivity contribution in [1.82, 2.24) is 25.1 Å². The van der Waals surface area contributed by atoms with Gasteiger partial charge < -0.3 is 4.90 Å². The van der Waals surface area contributed by atoms with Gasteiger partial charge in [0.05, 0.1) is 12.1 Å². The van der Waals surface area contributed by atoms with Gasteiger partial charge in [0.15, 0.2) is 5.82 Å². The summed E-state index contributed by atoms with van der Waals surface area (Å²) in [5.41, 5.74) is 2.52. The summed E-state index contributed by atoms with van der Waals surface area (Å²) in [4.78, 5) is 4.97. The molecule has 0 amide bonds. The quantitative estimate of drug-likeness (QED) is 0.765. The molecule has 0 unspecified atom stereocenters. The van der Waals surface area contributed by atoms with Crippen LogP contribution in [-0.4, -0.2) is 51.3 Å². The molecule has 1 aromatic carbocycles. The molecule has 1 saturated heterocycles. The Bertz CT molecular complexity index is 721. The molecule has 0 bridgehead atoms. The average molecular weight is 377 g/mol. The average Bonchev–Trinajstić information content (AvgIpc) is 3.12. The van der Waals surface area contributed by atoms with Crippen molar-refractivity contribution < 1.29 is 0 Å². The van der Waals surface area contributed by atoms with Crippen LogP contribution in [0.25, 0.3) is 0 Å². The summed E-state index contributed by atoms with van der Waals surface area (Å²) in [5, 5.41) is 13.3. The second-order valence-corrected chi connectivity index (χ2v) is 7.77. The van der Waals surface area contributed by atoms with Crippen LogP contribution < -0.4 is 4.90 Å². The van der Waals surface area contributed by atoms with Crippen molar-refractivity contribution in [3.8, 4) is 0 Å². The highest BCUT2D eigenvalue weighted by molar-refractivity contribution is 6.30. The molecule has 3 rings (SSSR count). The predicted octanol–water partition coefficient (Wildman–Crippen LogP) is 3.88. The number of hydrogen-bond donors (Lipinski definition) is 0. The molecule has 6 nitrogen and oxygen atoms in total. The highest BCUT2D eigenvalue weighted by Gasteiger charge is 2.29. The lowest BCUT2D eigenvalue weighted by molar-refractivity contribution is 0.162. The molecule has 1 aliphatic rings. The zero-order valence-electron chi connectivity index (χ0n) is 16.2. The number of halogens is 1. The van der Waals surface area contributed by atoms with Crippen LogP contribution in [0.4, 0.5) is 5.69 Å². The third-order valence-electron chi connectivity index (χ3n) is 5.13. The summed E-state index contributed by atoms with van der Waals surface area (Å²) in [6.07, 6.45) is 2.19. The fourth-order valence-electron chi connectivity index (χ4n) is 3.73. The molecule has 7 heteroatoms. The zero-order valence-corrected chi connectivity index (χ0v) is 16.9. The second-order valence-electron chi connectivity index (χ2n) is 7.33. The fourth-order valence-corrected chi connectivity index (χ4v) is 3.90. The van der Waals surface area contributed by atoms with Crippen LogP contribution in [0, 0.1) is 6.92 Å². The number of aromatic nitrogens is 4. The van der Waals surface area contributed by atoms with Crippen molar-refractivity contribution in [2.24, 2.45) is 0 Å². The summed E-state index contributed by atoms with van der Waals surface area (Å²) in [5.74, 6) is 0.995. The number of hydrogen-bond acceptors (Lipinski definition) is 5. The maximum absolute atomic E-state index is 6.21. The van der Waals surface area contributed by atoms with E-state index in [0.717, 1.165) is 49.9 Å². The van der Waals surface area contributed by atoms with Crippen LogP contribution in [0.5, 0.6) is 0 Å². The van der Waals surface area contributed by atoms with Crippen molar-refractivity contribution in [3.05, 3.63) is 34.6 Å². The van der Waals surface area contributed by atoms with E-state index >= 15 is 0 Å². The summed E-state index contributed by atoms with van der Waals surface area (Å²) in [6, 6.07) is 6.69. The molecule has 2 heterocycles. The van der Waals surface area contributed by atoms with E-state index in [0.29, 0.717) is 0 Å². The molecule has 142 valence electrons. The Morgan fingerprint density at radius 3 is 2.54 bits per heavy atom. The number of benzene rings is 1. The van der Waals surface area contributed by atoms with Crippen molar-refractivity contribution in [1.29, 1.82) is 0 Å². The van der Waals surface area contributed by atoms with Gasteiger partial charge in [0.2, 0.25) is 0 Å². The maximum Gasteiger partial charge on any atom is 0.168 e. The Morgan fingerprint density at radius 1 is 1.15 bits per heavy atom.